The Balaban J connectivity index is 1.22. The van der Waals surface area contributed by atoms with E-state index in [1.54, 1.807) is 6.20 Å². The van der Waals surface area contributed by atoms with Crippen molar-refractivity contribution in [3.05, 3.63) is 96.1 Å². The third-order valence-corrected chi connectivity index (χ3v) is 7.89. The van der Waals surface area contributed by atoms with Crippen LogP contribution < -0.4 is 15.4 Å². The lowest BCUT2D eigenvalue weighted by atomic mass is 9.93. The minimum Gasteiger partial charge on any atom is -0.492 e. The third-order valence-electron chi connectivity index (χ3n) is 7.89. The first-order valence-corrected chi connectivity index (χ1v) is 13.2. The number of imidazole rings is 1. The van der Waals surface area contributed by atoms with E-state index in [4.69, 9.17) is 4.74 Å². The quantitative estimate of drug-likeness (QED) is 0.326. The Morgan fingerprint density at radius 3 is 2.82 bits per heavy atom. The van der Waals surface area contributed by atoms with E-state index < -0.39 is 5.54 Å². The van der Waals surface area contributed by atoms with Crippen LogP contribution in [0.4, 0.5) is 0 Å². The summed E-state index contributed by atoms with van der Waals surface area (Å²) in [7, 11) is 0. The summed E-state index contributed by atoms with van der Waals surface area (Å²) in [5.74, 6) is 0.653. The molecule has 2 aliphatic rings. The standard InChI is InChI=1S/C31H29N5O2/c1-20-4-6-24(38-19-23-8-12-32-23)17-26(20)30(37)35-31(9-10-31)27-15-22(16-28-25(27)3-2-11-33-28)21-5-7-29-34-13-14-36(29)18-21/h2-7,11,13-18,23,32H,8-10,12,19H2,1H3,(H,35,37)/t23-/m0/s1. The number of aromatic nitrogens is 3. The first-order chi connectivity index (χ1) is 18.6. The van der Waals surface area contributed by atoms with Crippen molar-refractivity contribution in [3.8, 4) is 16.9 Å². The van der Waals surface area contributed by atoms with Crippen LogP contribution in [-0.2, 0) is 5.54 Å². The van der Waals surface area contributed by atoms with Gasteiger partial charge in [-0.2, -0.15) is 0 Å². The predicted molar refractivity (Wildman–Crippen MR) is 147 cm³/mol. The molecule has 4 heterocycles. The second-order valence-corrected chi connectivity index (χ2v) is 10.5. The average Bonchev–Trinajstić information content (AvgIpc) is 3.53. The van der Waals surface area contributed by atoms with Crippen LogP contribution in [0.3, 0.4) is 0 Å². The van der Waals surface area contributed by atoms with E-state index in [1.807, 2.05) is 54.0 Å². The number of carbonyl (C=O) groups excluding carboxylic acids is 1. The van der Waals surface area contributed by atoms with Gasteiger partial charge in [0.2, 0.25) is 0 Å². The Hall–Kier alpha value is -4.23. The summed E-state index contributed by atoms with van der Waals surface area (Å²) in [5, 5.41) is 7.82. The molecule has 5 aromatic rings. The van der Waals surface area contributed by atoms with Gasteiger partial charge in [0.15, 0.2) is 0 Å². The molecule has 2 N–H and O–H groups in total. The molecule has 0 radical (unpaired) electrons. The molecule has 1 saturated carbocycles. The van der Waals surface area contributed by atoms with E-state index >= 15 is 0 Å². The van der Waals surface area contributed by atoms with Gasteiger partial charge in [-0.3, -0.25) is 9.78 Å². The Morgan fingerprint density at radius 1 is 1.11 bits per heavy atom. The van der Waals surface area contributed by atoms with Crippen LogP contribution in [0.5, 0.6) is 5.75 Å². The molecule has 7 rings (SSSR count). The fourth-order valence-electron chi connectivity index (χ4n) is 5.33. The third kappa shape index (κ3) is 4.09. The fourth-order valence-corrected chi connectivity index (χ4v) is 5.33. The van der Waals surface area contributed by atoms with Crippen LogP contribution in [0.2, 0.25) is 0 Å². The van der Waals surface area contributed by atoms with Gasteiger partial charge < -0.3 is 19.8 Å². The molecule has 1 aliphatic carbocycles. The number of aryl methyl sites for hydroxylation is 1. The number of amides is 1. The number of rotatable bonds is 7. The van der Waals surface area contributed by atoms with E-state index in [2.05, 4.69) is 51.1 Å². The van der Waals surface area contributed by atoms with E-state index in [9.17, 15) is 4.79 Å². The number of hydrogen-bond acceptors (Lipinski definition) is 5. The van der Waals surface area contributed by atoms with Crippen molar-refractivity contribution in [2.24, 2.45) is 0 Å². The first kappa shape index (κ1) is 22.9. The number of ether oxygens (including phenoxy) is 1. The van der Waals surface area contributed by atoms with E-state index in [-0.39, 0.29) is 5.91 Å². The van der Waals surface area contributed by atoms with Gasteiger partial charge in [0.05, 0.1) is 11.1 Å². The Bertz CT molecular complexity index is 1680. The van der Waals surface area contributed by atoms with Crippen molar-refractivity contribution >= 4 is 22.5 Å². The molecule has 7 heteroatoms. The summed E-state index contributed by atoms with van der Waals surface area (Å²) >= 11 is 0. The molecule has 2 aromatic carbocycles. The highest BCUT2D eigenvalue weighted by atomic mass is 16.5. The number of nitrogens with one attached hydrogen (secondary N) is 2. The minimum atomic E-state index is -0.424. The van der Waals surface area contributed by atoms with Crippen LogP contribution in [0.25, 0.3) is 27.7 Å². The Labute approximate surface area is 220 Å². The Kier molecular flexibility index (Phi) is 5.40. The second-order valence-electron chi connectivity index (χ2n) is 10.5. The molecule has 0 bridgehead atoms. The van der Waals surface area contributed by atoms with Crippen LogP contribution in [-0.4, -0.2) is 39.5 Å². The zero-order chi connectivity index (χ0) is 25.7. The van der Waals surface area contributed by atoms with Gasteiger partial charge in [-0.05, 0) is 97.4 Å². The highest BCUT2D eigenvalue weighted by molar-refractivity contribution is 5.98. The van der Waals surface area contributed by atoms with E-state index in [1.165, 1.54) is 0 Å². The molecule has 7 nitrogen and oxygen atoms in total. The number of carbonyl (C=O) groups is 1. The lowest BCUT2D eigenvalue weighted by Gasteiger charge is -2.27. The topological polar surface area (TPSA) is 80.5 Å². The maximum Gasteiger partial charge on any atom is 0.252 e. The van der Waals surface area contributed by atoms with E-state index in [0.29, 0.717) is 18.2 Å². The van der Waals surface area contributed by atoms with Gasteiger partial charge >= 0.3 is 0 Å². The summed E-state index contributed by atoms with van der Waals surface area (Å²) in [6.07, 6.45) is 10.5. The summed E-state index contributed by atoms with van der Waals surface area (Å²) in [6, 6.07) is 18.7. The van der Waals surface area contributed by atoms with Gasteiger partial charge in [-0.15, -0.1) is 0 Å². The number of fused-ring (bicyclic) bond motifs is 2. The van der Waals surface area contributed by atoms with E-state index in [0.717, 1.165) is 70.4 Å². The molecule has 190 valence electrons. The summed E-state index contributed by atoms with van der Waals surface area (Å²) < 4.78 is 7.99. The molecule has 0 unspecified atom stereocenters. The van der Waals surface area contributed by atoms with Crippen molar-refractivity contribution in [3.63, 3.8) is 0 Å². The lowest BCUT2D eigenvalue weighted by molar-refractivity contribution is 0.0930. The van der Waals surface area contributed by atoms with Crippen molar-refractivity contribution < 1.29 is 9.53 Å². The SMILES string of the molecule is Cc1ccc(OC[C@@H]2CCN2)cc1C(=O)NC1(c2cc(-c3ccc4nccn4c3)cc3ncccc23)CC1. The van der Waals surface area contributed by atoms with Crippen LogP contribution in [0.1, 0.15) is 40.7 Å². The predicted octanol–water partition coefficient (Wildman–Crippen LogP) is 5.02. The van der Waals surface area contributed by atoms with Gasteiger partial charge in [0.25, 0.3) is 5.91 Å². The maximum atomic E-state index is 13.7. The maximum absolute atomic E-state index is 13.7. The number of hydrogen-bond donors (Lipinski definition) is 2. The molecule has 38 heavy (non-hydrogen) atoms. The monoisotopic (exact) mass is 503 g/mol. The zero-order valence-electron chi connectivity index (χ0n) is 21.3. The lowest BCUT2D eigenvalue weighted by Crippen LogP contribution is -2.46. The molecule has 2 fully saturated rings. The molecule has 1 amide bonds. The Morgan fingerprint density at radius 2 is 2.00 bits per heavy atom. The van der Waals surface area contributed by atoms with Gasteiger partial charge in [0, 0.05) is 41.8 Å². The number of pyridine rings is 2. The smallest absolute Gasteiger partial charge is 0.252 e. The molecular weight excluding hydrogens is 474 g/mol. The molecule has 0 spiro atoms. The molecule has 1 saturated heterocycles. The number of benzene rings is 2. The molecular formula is C31H29N5O2. The summed E-state index contributed by atoms with van der Waals surface area (Å²) in [6.45, 7) is 3.63. The highest BCUT2D eigenvalue weighted by Crippen LogP contribution is 2.49. The normalized spacial score (nSPS) is 17.8. The number of nitrogens with zero attached hydrogens (tertiary/aromatic N) is 3. The van der Waals surface area contributed by atoms with Crippen LogP contribution in [0, 0.1) is 6.92 Å². The van der Waals surface area contributed by atoms with Gasteiger partial charge in [-0.25, -0.2) is 4.98 Å². The minimum absolute atomic E-state index is 0.0745. The first-order valence-electron chi connectivity index (χ1n) is 13.2. The van der Waals surface area contributed by atoms with Crippen LogP contribution in [0.15, 0.2) is 79.4 Å². The second kappa shape index (κ2) is 8.96. The zero-order valence-corrected chi connectivity index (χ0v) is 21.3. The van der Waals surface area contributed by atoms with Crippen molar-refractivity contribution in [2.45, 2.75) is 37.8 Å². The van der Waals surface area contributed by atoms with Crippen molar-refractivity contribution in [2.75, 3.05) is 13.2 Å². The molecule has 1 aliphatic heterocycles. The fraction of sp³-hybridized carbons (Fsp3) is 0.258. The largest absolute Gasteiger partial charge is 0.492 e. The van der Waals surface area contributed by atoms with Gasteiger partial charge in [0.1, 0.15) is 18.0 Å². The summed E-state index contributed by atoms with van der Waals surface area (Å²) in [5.41, 5.74) is 6.24. The average molecular weight is 504 g/mol. The summed E-state index contributed by atoms with van der Waals surface area (Å²) in [4.78, 5) is 22.7. The van der Waals surface area contributed by atoms with Crippen molar-refractivity contribution in [1.29, 1.82) is 0 Å². The molecule has 3 aromatic heterocycles. The van der Waals surface area contributed by atoms with Crippen LogP contribution >= 0.6 is 0 Å². The molecule has 1 atom stereocenters. The highest BCUT2D eigenvalue weighted by Gasteiger charge is 2.47. The van der Waals surface area contributed by atoms with Gasteiger partial charge in [-0.1, -0.05) is 12.1 Å². The van der Waals surface area contributed by atoms with Crippen molar-refractivity contribution in [1.82, 2.24) is 25.0 Å².